The zero-order valence-corrected chi connectivity index (χ0v) is 10.8. The molecule has 0 bridgehead atoms. The van der Waals surface area contributed by atoms with E-state index in [1.54, 1.807) is 7.05 Å². The smallest absolute Gasteiger partial charge is 0.251 e. The molecule has 2 rings (SSSR count). The van der Waals surface area contributed by atoms with Gasteiger partial charge >= 0.3 is 0 Å². The molecule has 4 heteroatoms. The summed E-state index contributed by atoms with van der Waals surface area (Å²) in [6.45, 7) is 3.22. The first-order valence-corrected chi connectivity index (χ1v) is 6.56. The minimum Gasteiger partial charge on any atom is -0.385 e. The van der Waals surface area contributed by atoms with Crippen molar-refractivity contribution in [3.8, 4) is 0 Å². The fraction of sp³-hybridized carbons (Fsp3) is 0.500. The normalized spacial score (nSPS) is 16.3. The van der Waals surface area contributed by atoms with E-state index in [0.717, 1.165) is 31.2 Å². The van der Waals surface area contributed by atoms with Gasteiger partial charge in [0.05, 0.1) is 0 Å². The number of carbonyl (C=O) groups is 1. The van der Waals surface area contributed by atoms with Crippen LogP contribution in [-0.2, 0) is 0 Å². The van der Waals surface area contributed by atoms with Gasteiger partial charge in [-0.05, 0) is 50.0 Å². The minimum atomic E-state index is -0.0412. The molecule has 1 aromatic rings. The third-order valence-corrected chi connectivity index (χ3v) is 3.41. The van der Waals surface area contributed by atoms with Crippen LogP contribution in [0.15, 0.2) is 24.3 Å². The molecule has 1 aliphatic heterocycles. The summed E-state index contributed by atoms with van der Waals surface area (Å²) in [7, 11) is 1.65. The summed E-state index contributed by atoms with van der Waals surface area (Å²) < 4.78 is 0. The highest BCUT2D eigenvalue weighted by Crippen LogP contribution is 2.15. The van der Waals surface area contributed by atoms with Gasteiger partial charge in [0.2, 0.25) is 0 Å². The summed E-state index contributed by atoms with van der Waals surface area (Å²) in [6, 6.07) is 7.65. The zero-order valence-electron chi connectivity index (χ0n) is 10.8. The number of amides is 1. The Hall–Kier alpha value is -1.55. The lowest BCUT2D eigenvalue weighted by atomic mass is 9.98. The molecule has 0 radical (unpaired) electrons. The second-order valence-corrected chi connectivity index (χ2v) is 4.73. The first-order valence-electron chi connectivity index (χ1n) is 6.56. The molecular formula is C14H21N3O. The van der Waals surface area contributed by atoms with Crippen molar-refractivity contribution >= 4 is 11.6 Å². The van der Waals surface area contributed by atoms with Crippen LogP contribution >= 0.6 is 0 Å². The maximum atomic E-state index is 11.5. The Morgan fingerprint density at radius 2 is 2.17 bits per heavy atom. The van der Waals surface area contributed by atoms with E-state index in [9.17, 15) is 4.79 Å². The number of anilines is 1. The van der Waals surface area contributed by atoms with Gasteiger partial charge in [-0.1, -0.05) is 6.07 Å². The first-order chi connectivity index (χ1) is 8.79. The predicted molar refractivity (Wildman–Crippen MR) is 73.9 cm³/mol. The van der Waals surface area contributed by atoms with Crippen molar-refractivity contribution in [2.45, 2.75) is 12.8 Å². The molecular weight excluding hydrogens is 226 g/mol. The van der Waals surface area contributed by atoms with Gasteiger partial charge in [-0.3, -0.25) is 4.79 Å². The van der Waals surface area contributed by atoms with Gasteiger partial charge in [0.1, 0.15) is 0 Å². The van der Waals surface area contributed by atoms with Crippen LogP contribution in [0.3, 0.4) is 0 Å². The highest BCUT2D eigenvalue weighted by Gasteiger charge is 2.12. The standard InChI is InChI=1S/C14H21N3O/c1-15-14(18)12-3-2-4-13(9-12)17-10-11-5-7-16-8-6-11/h2-4,9,11,16-17H,5-8,10H2,1H3,(H,15,18). The average Bonchev–Trinajstić information content (AvgIpc) is 2.45. The third kappa shape index (κ3) is 3.47. The number of carbonyl (C=O) groups excluding carboxylic acids is 1. The van der Waals surface area contributed by atoms with Crippen LogP contribution in [0.2, 0.25) is 0 Å². The molecule has 1 saturated heterocycles. The van der Waals surface area contributed by atoms with E-state index < -0.39 is 0 Å². The largest absolute Gasteiger partial charge is 0.385 e. The van der Waals surface area contributed by atoms with E-state index in [1.165, 1.54) is 12.8 Å². The molecule has 0 atom stereocenters. The molecule has 1 aliphatic rings. The molecule has 0 spiro atoms. The van der Waals surface area contributed by atoms with Crippen LogP contribution in [0, 0.1) is 5.92 Å². The van der Waals surface area contributed by atoms with Gasteiger partial charge in [-0.25, -0.2) is 0 Å². The van der Waals surface area contributed by atoms with Crippen LogP contribution in [0.4, 0.5) is 5.69 Å². The average molecular weight is 247 g/mol. The molecule has 1 fully saturated rings. The van der Waals surface area contributed by atoms with Crippen molar-refractivity contribution in [2.75, 3.05) is 32.0 Å². The fourth-order valence-electron chi connectivity index (χ4n) is 2.26. The number of benzene rings is 1. The van der Waals surface area contributed by atoms with Crippen molar-refractivity contribution in [1.82, 2.24) is 10.6 Å². The molecule has 0 saturated carbocycles. The van der Waals surface area contributed by atoms with Crippen LogP contribution in [0.1, 0.15) is 23.2 Å². The van der Waals surface area contributed by atoms with Crippen LogP contribution in [0.5, 0.6) is 0 Å². The van der Waals surface area contributed by atoms with Crippen molar-refractivity contribution in [2.24, 2.45) is 5.92 Å². The second-order valence-electron chi connectivity index (χ2n) is 4.73. The van der Waals surface area contributed by atoms with E-state index in [-0.39, 0.29) is 5.91 Å². The summed E-state index contributed by atoms with van der Waals surface area (Å²) >= 11 is 0. The number of rotatable bonds is 4. The first kappa shape index (κ1) is 12.9. The molecule has 3 N–H and O–H groups in total. The molecule has 1 amide bonds. The zero-order chi connectivity index (χ0) is 12.8. The van der Waals surface area contributed by atoms with Gasteiger partial charge in [0.25, 0.3) is 5.91 Å². The molecule has 0 aliphatic carbocycles. The van der Waals surface area contributed by atoms with E-state index in [4.69, 9.17) is 0 Å². The highest BCUT2D eigenvalue weighted by molar-refractivity contribution is 5.94. The summed E-state index contributed by atoms with van der Waals surface area (Å²) in [4.78, 5) is 11.5. The van der Waals surface area contributed by atoms with Crippen LogP contribution in [-0.4, -0.2) is 32.6 Å². The van der Waals surface area contributed by atoms with E-state index in [2.05, 4.69) is 16.0 Å². The Morgan fingerprint density at radius 3 is 2.89 bits per heavy atom. The summed E-state index contributed by atoms with van der Waals surface area (Å²) in [6.07, 6.45) is 2.45. The van der Waals surface area contributed by atoms with Gasteiger partial charge in [-0.15, -0.1) is 0 Å². The molecule has 0 aromatic heterocycles. The molecule has 98 valence electrons. The maximum Gasteiger partial charge on any atom is 0.251 e. The molecule has 18 heavy (non-hydrogen) atoms. The fourth-order valence-corrected chi connectivity index (χ4v) is 2.26. The van der Waals surface area contributed by atoms with Crippen molar-refractivity contribution in [1.29, 1.82) is 0 Å². The predicted octanol–water partition coefficient (Wildman–Crippen LogP) is 1.46. The number of hydrogen-bond acceptors (Lipinski definition) is 3. The topological polar surface area (TPSA) is 53.2 Å². The number of piperidine rings is 1. The van der Waals surface area contributed by atoms with Gasteiger partial charge in [0.15, 0.2) is 0 Å². The molecule has 4 nitrogen and oxygen atoms in total. The Kier molecular flexibility index (Phi) is 4.59. The van der Waals surface area contributed by atoms with Crippen molar-refractivity contribution in [3.63, 3.8) is 0 Å². The highest BCUT2D eigenvalue weighted by atomic mass is 16.1. The monoisotopic (exact) mass is 247 g/mol. The molecule has 0 unspecified atom stereocenters. The Labute approximate surface area is 108 Å². The van der Waals surface area contributed by atoms with E-state index in [0.29, 0.717) is 5.56 Å². The molecule has 1 heterocycles. The van der Waals surface area contributed by atoms with E-state index >= 15 is 0 Å². The number of nitrogens with one attached hydrogen (secondary N) is 3. The van der Waals surface area contributed by atoms with Gasteiger partial charge in [-0.2, -0.15) is 0 Å². The summed E-state index contributed by atoms with van der Waals surface area (Å²) in [5, 5.41) is 9.43. The summed E-state index contributed by atoms with van der Waals surface area (Å²) in [5.74, 6) is 0.690. The number of hydrogen-bond donors (Lipinski definition) is 3. The van der Waals surface area contributed by atoms with E-state index in [1.807, 2.05) is 24.3 Å². The van der Waals surface area contributed by atoms with Crippen LogP contribution < -0.4 is 16.0 Å². The molecule has 1 aromatic carbocycles. The van der Waals surface area contributed by atoms with Crippen molar-refractivity contribution < 1.29 is 4.79 Å². The Balaban J connectivity index is 1.90. The minimum absolute atomic E-state index is 0.0412. The Bertz CT molecular complexity index is 400. The lowest BCUT2D eigenvalue weighted by molar-refractivity contribution is 0.0963. The van der Waals surface area contributed by atoms with Gasteiger partial charge in [0, 0.05) is 24.8 Å². The van der Waals surface area contributed by atoms with Crippen molar-refractivity contribution in [3.05, 3.63) is 29.8 Å². The second kappa shape index (κ2) is 6.40. The SMILES string of the molecule is CNC(=O)c1cccc(NCC2CCNCC2)c1. The summed E-state index contributed by atoms with van der Waals surface area (Å²) in [5.41, 5.74) is 1.72. The van der Waals surface area contributed by atoms with Crippen LogP contribution in [0.25, 0.3) is 0 Å². The maximum absolute atomic E-state index is 11.5. The van der Waals surface area contributed by atoms with Gasteiger partial charge < -0.3 is 16.0 Å². The Morgan fingerprint density at radius 1 is 1.39 bits per heavy atom. The quantitative estimate of drug-likeness (QED) is 0.755. The lowest BCUT2D eigenvalue weighted by Gasteiger charge is -2.23. The third-order valence-electron chi connectivity index (χ3n) is 3.41. The lowest BCUT2D eigenvalue weighted by Crippen LogP contribution is -2.31.